The molecular formula is C10H16O3. The summed E-state index contributed by atoms with van der Waals surface area (Å²) in [7, 11) is 1.65. The molecule has 0 fully saturated rings. The second-order valence-electron chi connectivity index (χ2n) is 3.27. The van der Waals surface area contributed by atoms with E-state index >= 15 is 0 Å². The van der Waals surface area contributed by atoms with Crippen LogP contribution in [0.4, 0.5) is 0 Å². The third kappa shape index (κ3) is 3.61. The maximum atomic E-state index is 9.60. The lowest BCUT2D eigenvalue weighted by Gasteiger charge is -2.13. The molecule has 2 unspecified atom stereocenters. The van der Waals surface area contributed by atoms with Crippen LogP contribution in [0, 0.1) is 0 Å². The monoisotopic (exact) mass is 184 g/mol. The predicted molar refractivity (Wildman–Crippen MR) is 49.5 cm³/mol. The average molecular weight is 184 g/mol. The molecule has 13 heavy (non-hydrogen) atoms. The van der Waals surface area contributed by atoms with Gasteiger partial charge in [-0.25, -0.2) is 0 Å². The summed E-state index contributed by atoms with van der Waals surface area (Å²) in [6.45, 7) is 1.94. The van der Waals surface area contributed by atoms with E-state index in [4.69, 9.17) is 9.15 Å². The van der Waals surface area contributed by atoms with Crippen molar-refractivity contribution in [1.29, 1.82) is 0 Å². The number of aliphatic hydroxyl groups is 1. The highest BCUT2D eigenvalue weighted by Gasteiger charge is 2.10. The quantitative estimate of drug-likeness (QED) is 0.756. The number of ether oxygens (including phenoxy) is 1. The standard InChI is InChI=1S/C10H16O3/c1-8(12-2)5-10(11)6-9-3-4-13-7-9/h3-4,7-8,10-11H,5-6H2,1-2H3. The summed E-state index contributed by atoms with van der Waals surface area (Å²) >= 11 is 0. The number of hydrogen-bond donors (Lipinski definition) is 1. The maximum absolute atomic E-state index is 9.60. The average Bonchev–Trinajstić information content (AvgIpc) is 2.56. The molecular weight excluding hydrogens is 168 g/mol. The second-order valence-corrected chi connectivity index (χ2v) is 3.27. The Morgan fingerprint density at radius 2 is 2.38 bits per heavy atom. The Morgan fingerprint density at radius 1 is 1.62 bits per heavy atom. The molecule has 0 amide bonds. The zero-order valence-corrected chi connectivity index (χ0v) is 8.06. The van der Waals surface area contributed by atoms with Gasteiger partial charge in [-0.15, -0.1) is 0 Å². The normalized spacial score (nSPS) is 15.6. The van der Waals surface area contributed by atoms with Crippen LogP contribution in [0.3, 0.4) is 0 Å². The fraction of sp³-hybridized carbons (Fsp3) is 0.600. The molecule has 1 heterocycles. The summed E-state index contributed by atoms with van der Waals surface area (Å²) in [4.78, 5) is 0. The van der Waals surface area contributed by atoms with Crippen molar-refractivity contribution in [2.24, 2.45) is 0 Å². The molecule has 0 bridgehead atoms. The van der Waals surface area contributed by atoms with Crippen molar-refractivity contribution in [1.82, 2.24) is 0 Å². The summed E-state index contributed by atoms with van der Waals surface area (Å²) in [5.74, 6) is 0. The van der Waals surface area contributed by atoms with Crippen LogP contribution in [-0.2, 0) is 11.2 Å². The third-order valence-corrected chi connectivity index (χ3v) is 2.06. The summed E-state index contributed by atoms with van der Waals surface area (Å²) in [6, 6.07) is 1.86. The lowest BCUT2D eigenvalue weighted by molar-refractivity contribution is 0.0565. The zero-order chi connectivity index (χ0) is 9.68. The number of hydrogen-bond acceptors (Lipinski definition) is 3. The SMILES string of the molecule is COC(C)CC(O)Cc1ccoc1. The molecule has 1 aromatic heterocycles. The van der Waals surface area contributed by atoms with Crippen molar-refractivity contribution in [3.63, 3.8) is 0 Å². The van der Waals surface area contributed by atoms with Gasteiger partial charge in [0.05, 0.1) is 24.7 Å². The van der Waals surface area contributed by atoms with Gasteiger partial charge in [-0.1, -0.05) is 0 Å². The molecule has 0 saturated carbocycles. The Morgan fingerprint density at radius 3 is 2.92 bits per heavy atom. The number of methoxy groups -OCH3 is 1. The summed E-state index contributed by atoms with van der Waals surface area (Å²) in [6.07, 6.45) is 4.29. The van der Waals surface area contributed by atoms with Gasteiger partial charge in [0.15, 0.2) is 0 Å². The van der Waals surface area contributed by atoms with Crippen molar-refractivity contribution in [3.05, 3.63) is 24.2 Å². The van der Waals surface area contributed by atoms with Gasteiger partial charge in [0.2, 0.25) is 0 Å². The molecule has 0 aliphatic rings. The minimum atomic E-state index is -0.354. The molecule has 1 N–H and O–H groups in total. The van der Waals surface area contributed by atoms with Crippen LogP contribution < -0.4 is 0 Å². The Labute approximate surface area is 78.3 Å². The minimum absolute atomic E-state index is 0.0990. The van der Waals surface area contributed by atoms with Crippen molar-refractivity contribution < 1.29 is 14.3 Å². The lowest BCUT2D eigenvalue weighted by Crippen LogP contribution is -2.18. The molecule has 0 saturated heterocycles. The molecule has 0 spiro atoms. The first-order valence-corrected chi connectivity index (χ1v) is 4.44. The van der Waals surface area contributed by atoms with Gasteiger partial charge < -0.3 is 14.3 Å². The largest absolute Gasteiger partial charge is 0.472 e. The van der Waals surface area contributed by atoms with Gasteiger partial charge in [0.1, 0.15) is 0 Å². The summed E-state index contributed by atoms with van der Waals surface area (Å²) < 4.78 is 9.96. The van der Waals surface area contributed by atoms with E-state index < -0.39 is 0 Å². The van der Waals surface area contributed by atoms with E-state index in [1.807, 2.05) is 13.0 Å². The molecule has 0 aliphatic heterocycles. The number of aliphatic hydroxyl groups excluding tert-OH is 1. The van der Waals surface area contributed by atoms with E-state index in [9.17, 15) is 5.11 Å². The van der Waals surface area contributed by atoms with Crippen molar-refractivity contribution in [3.8, 4) is 0 Å². The van der Waals surface area contributed by atoms with Crippen molar-refractivity contribution >= 4 is 0 Å². The minimum Gasteiger partial charge on any atom is -0.472 e. The van der Waals surface area contributed by atoms with Crippen LogP contribution in [-0.4, -0.2) is 24.4 Å². The third-order valence-electron chi connectivity index (χ3n) is 2.06. The van der Waals surface area contributed by atoms with Gasteiger partial charge in [-0.05, 0) is 25.0 Å². The van der Waals surface area contributed by atoms with Gasteiger partial charge >= 0.3 is 0 Å². The van der Waals surface area contributed by atoms with Gasteiger partial charge in [-0.2, -0.15) is 0 Å². The highest BCUT2D eigenvalue weighted by Crippen LogP contribution is 2.09. The predicted octanol–water partition coefficient (Wildman–Crippen LogP) is 1.61. The highest BCUT2D eigenvalue weighted by atomic mass is 16.5. The van der Waals surface area contributed by atoms with Crippen molar-refractivity contribution in [2.45, 2.75) is 32.0 Å². The Balaban J connectivity index is 2.29. The summed E-state index contributed by atoms with van der Waals surface area (Å²) in [5.41, 5.74) is 1.02. The van der Waals surface area contributed by atoms with Crippen LogP contribution in [0.1, 0.15) is 18.9 Å². The lowest BCUT2D eigenvalue weighted by atomic mass is 10.1. The van der Waals surface area contributed by atoms with Crippen LogP contribution >= 0.6 is 0 Å². The van der Waals surface area contributed by atoms with Crippen LogP contribution in [0.2, 0.25) is 0 Å². The molecule has 0 radical (unpaired) electrons. The van der Waals surface area contributed by atoms with Crippen LogP contribution in [0.25, 0.3) is 0 Å². The zero-order valence-electron chi connectivity index (χ0n) is 8.06. The molecule has 74 valence electrons. The molecule has 3 nitrogen and oxygen atoms in total. The molecule has 3 heteroatoms. The highest BCUT2D eigenvalue weighted by molar-refractivity contribution is 5.06. The molecule has 1 aromatic rings. The molecule has 2 atom stereocenters. The molecule has 0 aliphatic carbocycles. The number of furan rings is 1. The first-order chi connectivity index (χ1) is 6.22. The Hall–Kier alpha value is -0.800. The maximum Gasteiger partial charge on any atom is 0.0935 e. The molecule has 1 rings (SSSR count). The van der Waals surface area contributed by atoms with Gasteiger partial charge in [0, 0.05) is 13.5 Å². The molecule has 0 aromatic carbocycles. The van der Waals surface area contributed by atoms with E-state index in [0.29, 0.717) is 12.8 Å². The fourth-order valence-corrected chi connectivity index (χ4v) is 1.24. The van der Waals surface area contributed by atoms with E-state index in [1.165, 1.54) is 0 Å². The van der Waals surface area contributed by atoms with Crippen LogP contribution in [0.5, 0.6) is 0 Å². The summed E-state index contributed by atoms with van der Waals surface area (Å²) in [5, 5.41) is 9.60. The Bertz CT molecular complexity index is 218. The van der Waals surface area contributed by atoms with E-state index in [0.717, 1.165) is 5.56 Å². The van der Waals surface area contributed by atoms with Crippen molar-refractivity contribution in [2.75, 3.05) is 7.11 Å². The first kappa shape index (κ1) is 10.3. The van der Waals surface area contributed by atoms with E-state index in [2.05, 4.69) is 0 Å². The van der Waals surface area contributed by atoms with Crippen LogP contribution in [0.15, 0.2) is 23.0 Å². The smallest absolute Gasteiger partial charge is 0.0935 e. The van der Waals surface area contributed by atoms with E-state index in [-0.39, 0.29) is 12.2 Å². The Kier molecular flexibility index (Phi) is 3.99. The second kappa shape index (κ2) is 5.04. The topological polar surface area (TPSA) is 42.6 Å². The first-order valence-electron chi connectivity index (χ1n) is 4.44. The fourth-order valence-electron chi connectivity index (χ4n) is 1.24. The van der Waals surface area contributed by atoms with Gasteiger partial charge in [0.25, 0.3) is 0 Å². The van der Waals surface area contributed by atoms with Gasteiger partial charge in [-0.3, -0.25) is 0 Å². The number of rotatable bonds is 5. The van der Waals surface area contributed by atoms with E-state index in [1.54, 1.807) is 19.6 Å².